The van der Waals surface area contributed by atoms with Crippen LogP contribution in [-0.4, -0.2) is 44.9 Å². The van der Waals surface area contributed by atoms with E-state index in [2.05, 4.69) is 10.1 Å². The third kappa shape index (κ3) is 3.10. The Morgan fingerprint density at radius 2 is 1.86 bits per heavy atom. The second-order valence-electron chi connectivity index (χ2n) is 6.24. The van der Waals surface area contributed by atoms with E-state index in [1.807, 2.05) is 0 Å². The molecule has 0 saturated carbocycles. The molecule has 2 aromatic heterocycles. The van der Waals surface area contributed by atoms with Gasteiger partial charge in [0.25, 0.3) is 0 Å². The fraction of sp³-hybridized carbons (Fsp3) is 0.176. The van der Waals surface area contributed by atoms with Crippen LogP contribution in [0.15, 0.2) is 40.6 Å². The molecule has 1 aromatic carbocycles. The number of phenolic OH excluding ortho intramolecular Hbond substituents is 1. The van der Waals surface area contributed by atoms with Gasteiger partial charge < -0.3 is 20.6 Å². The van der Waals surface area contributed by atoms with Crippen molar-refractivity contribution in [2.75, 3.05) is 6.26 Å². The van der Waals surface area contributed by atoms with Crippen LogP contribution in [0.3, 0.4) is 0 Å². The average molecular weight is 424 g/mol. The summed E-state index contributed by atoms with van der Waals surface area (Å²) >= 11 is 6.52. The molecule has 0 aliphatic carbocycles. The molecule has 0 aliphatic rings. The van der Waals surface area contributed by atoms with E-state index in [1.165, 1.54) is 16.7 Å². The van der Waals surface area contributed by atoms with Gasteiger partial charge in [-0.3, -0.25) is 4.57 Å². The van der Waals surface area contributed by atoms with E-state index in [1.54, 1.807) is 37.0 Å². The summed E-state index contributed by atoms with van der Waals surface area (Å²) in [7, 11) is -2.13. The van der Waals surface area contributed by atoms with Crippen molar-refractivity contribution >= 4 is 27.3 Å². The maximum Gasteiger partial charge on any atom is 0.179 e. The molecule has 2 heterocycles. The predicted molar refractivity (Wildman–Crippen MR) is 105 cm³/mol. The number of aromatic hydroxyl groups is 1. The Hall–Kier alpha value is -2.98. The minimum Gasteiger partial charge on any atom is -0.508 e. The Morgan fingerprint density at radius 1 is 1.25 bits per heavy atom. The number of sulfone groups is 1. The van der Waals surface area contributed by atoms with Crippen LogP contribution < -0.4 is 5.73 Å². The van der Waals surface area contributed by atoms with Gasteiger partial charge in [0.05, 0.1) is 29.0 Å². The first-order chi connectivity index (χ1) is 13.1. The van der Waals surface area contributed by atoms with Crippen LogP contribution in [0.4, 0.5) is 0 Å². The lowest BCUT2D eigenvalue weighted by molar-refractivity contribution is 0.318. The number of hydrogen-bond donors (Lipinski definition) is 3. The molecule has 0 unspecified atom stereocenters. The monoisotopic (exact) mass is 423 g/mol. The number of phenols is 1. The molecular formula is C17H18ClN5O4S. The largest absolute Gasteiger partial charge is 0.508 e. The van der Waals surface area contributed by atoms with Gasteiger partial charge in [-0.2, -0.15) is 0 Å². The lowest BCUT2D eigenvalue weighted by Gasteiger charge is -2.13. The zero-order valence-corrected chi connectivity index (χ0v) is 16.8. The van der Waals surface area contributed by atoms with Gasteiger partial charge in [0.2, 0.25) is 0 Å². The van der Waals surface area contributed by atoms with Crippen LogP contribution in [0.1, 0.15) is 11.3 Å². The number of nitrogens with zero attached hydrogens (tertiary/aromatic N) is 4. The number of nitrogens with two attached hydrogens (primary N) is 1. The standard InChI is InChI=1S/C17H18ClN5O4S/c1-9-13(22(2)8-20-9)14-12(17(19)21-25)15(28(3,26)27)16(18)23(14)10-4-6-11(24)7-5-10/h4-8,24-25H,1-3H3,(H2,19,21). The Morgan fingerprint density at radius 3 is 2.32 bits per heavy atom. The zero-order chi connectivity index (χ0) is 20.8. The van der Waals surface area contributed by atoms with Crippen molar-refractivity contribution < 1.29 is 18.7 Å². The van der Waals surface area contributed by atoms with Crippen molar-refractivity contribution in [1.29, 1.82) is 0 Å². The second-order valence-corrected chi connectivity index (χ2v) is 8.55. The third-order valence-electron chi connectivity index (χ3n) is 4.26. The van der Waals surface area contributed by atoms with Crippen LogP contribution in [-0.2, 0) is 16.9 Å². The number of aromatic nitrogens is 3. The highest BCUT2D eigenvalue weighted by Crippen LogP contribution is 2.40. The molecule has 0 spiro atoms. The van der Waals surface area contributed by atoms with Crippen molar-refractivity contribution in [2.24, 2.45) is 17.9 Å². The molecule has 0 radical (unpaired) electrons. The maximum atomic E-state index is 12.5. The molecule has 0 atom stereocenters. The van der Waals surface area contributed by atoms with Crippen LogP contribution in [0.2, 0.25) is 5.15 Å². The fourth-order valence-corrected chi connectivity index (χ4v) is 4.77. The van der Waals surface area contributed by atoms with E-state index in [0.717, 1.165) is 6.26 Å². The van der Waals surface area contributed by atoms with E-state index in [4.69, 9.17) is 17.3 Å². The van der Waals surface area contributed by atoms with Crippen LogP contribution >= 0.6 is 11.6 Å². The summed E-state index contributed by atoms with van der Waals surface area (Å²) in [5, 5.41) is 21.8. The maximum absolute atomic E-state index is 12.5. The summed E-state index contributed by atoms with van der Waals surface area (Å²) < 4.78 is 28.2. The summed E-state index contributed by atoms with van der Waals surface area (Å²) in [6, 6.07) is 6.01. The minimum absolute atomic E-state index is 0.0326. The van der Waals surface area contributed by atoms with Gasteiger partial charge in [0, 0.05) is 19.0 Å². The topological polar surface area (TPSA) is 136 Å². The van der Waals surface area contributed by atoms with Crippen LogP contribution in [0.25, 0.3) is 17.1 Å². The van der Waals surface area contributed by atoms with Gasteiger partial charge in [-0.25, -0.2) is 13.4 Å². The minimum atomic E-state index is -3.86. The number of oxime groups is 1. The first-order valence-electron chi connectivity index (χ1n) is 7.97. The van der Waals surface area contributed by atoms with E-state index in [9.17, 15) is 18.7 Å². The smallest absolute Gasteiger partial charge is 0.179 e. The van der Waals surface area contributed by atoms with Gasteiger partial charge in [-0.1, -0.05) is 16.8 Å². The highest BCUT2D eigenvalue weighted by atomic mass is 35.5. The number of aryl methyl sites for hydroxylation is 2. The molecule has 0 fully saturated rings. The van der Waals surface area contributed by atoms with E-state index in [0.29, 0.717) is 22.8 Å². The molecule has 0 bridgehead atoms. The summed E-state index contributed by atoms with van der Waals surface area (Å²) in [6.07, 6.45) is 2.55. The Kier molecular flexibility index (Phi) is 4.86. The number of halogens is 1. The van der Waals surface area contributed by atoms with Crippen molar-refractivity contribution in [3.63, 3.8) is 0 Å². The zero-order valence-electron chi connectivity index (χ0n) is 15.3. The first-order valence-corrected chi connectivity index (χ1v) is 10.2. The first kappa shape index (κ1) is 19.8. The van der Waals surface area contributed by atoms with Crippen LogP contribution in [0.5, 0.6) is 5.75 Å². The molecule has 3 aromatic rings. The average Bonchev–Trinajstić information content (AvgIpc) is 3.11. The summed E-state index contributed by atoms with van der Waals surface area (Å²) in [4.78, 5) is 3.97. The molecule has 0 aliphatic heterocycles. The number of benzene rings is 1. The molecule has 9 nitrogen and oxygen atoms in total. The molecule has 3 rings (SSSR count). The molecule has 11 heteroatoms. The molecule has 0 amide bonds. The lowest BCUT2D eigenvalue weighted by Crippen LogP contribution is -2.18. The number of hydrogen-bond acceptors (Lipinski definition) is 6. The fourth-order valence-electron chi connectivity index (χ4n) is 3.10. The van der Waals surface area contributed by atoms with Gasteiger partial charge in [0.1, 0.15) is 15.8 Å². The van der Waals surface area contributed by atoms with Crippen molar-refractivity contribution in [2.45, 2.75) is 11.8 Å². The van der Waals surface area contributed by atoms with E-state index < -0.39 is 15.7 Å². The van der Waals surface area contributed by atoms with Crippen molar-refractivity contribution in [3.8, 4) is 22.8 Å². The van der Waals surface area contributed by atoms with Crippen LogP contribution in [0, 0.1) is 6.92 Å². The number of imidazole rings is 1. The molecule has 148 valence electrons. The van der Waals surface area contributed by atoms with Gasteiger partial charge >= 0.3 is 0 Å². The number of amidine groups is 1. The normalized spacial score (nSPS) is 12.5. The third-order valence-corrected chi connectivity index (χ3v) is 5.87. The summed E-state index contributed by atoms with van der Waals surface area (Å²) in [5.41, 5.74) is 7.73. The molecule has 28 heavy (non-hydrogen) atoms. The Bertz CT molecular complexity index is 1170. The molecule has 0 saturated heterocycles. The predicted octanol–water partition coefficient (Wildman–Crippen LogP) is 2.04. The van der Waals surface area contributed by atoms with E-state index >= 15 is 0 Å². The van der Waals surface area contributed by atoms with E-state index in [-0.39, 0.29) is 21.4 Å². The quantitative estimate of drug-likeness (QED) is 0.254. The van der Waals surface area contributed by atoms with Gasteiger partial charge in [0.15, 0.2) is 15.7 Å². The lowest BCUT2D eigenvalue weighted by atomic mass is 10.1. The SMILES string of the molecule is Cc1ncn(C)c1-c1c(/C(N)=N/O)c(S(C)(=O)=O)c(Cl)n1-c1ccc(O)cc1. The molecular weight excluding hydrogens is 406 g/mol. The Balaban J connectivity index is 2.59. The summed E-state index contributed by atoms with van der Waals surface area (Å²) in [6.45, 7) is 1.74. The Labute approximate surface area is 166 Å². The number of rotatable bonds is 4. The van der Waals surface area contributed by atoms with Crippen molar-refractivity contribution in [3.05, 3.63) is 47.0 Å². The van der Waals surface area contributed by atoms with Crippen molar-refractivity contribution in [1.82, 2.24) is 14.1 Å². The molecule has 4 N–H and O–H groups in total. The van der Waals surface area contributed by atoms with Gasteiger partial charge in [-0.05, 0) is 31.2 Å². The summed E-state index contributed by atoms with van der Waals surface area (Å²) in [5.74, 6) is -0.374. The second kappa shape index (κ2) is 6.88. The highest BCUT2D eigenvalue weighted by Gasteiger charge is 2.33. The highest BCUT2D eigenvalue weighted by molar-refractivity contribution is 7.91. The van der Waals surface area contributed by atoms with Gasteiger partial charge in [-0.15, -0.1) is 0 Å².